The van der Waals surface area contributed by atoms with Crippen LogP contribution >= 0.6 is 0 Å². The number of amides is 1. The third-order valence-electron chi connectivity index (χ3n) is 4.20. The van der Waals surface area contributed by atoms with E-state index in [-0.39, 0.29) is 11.6 Å². The summed E-state index contributed by atoms with van der Waals surface area (Å²) in [6, 6.07) is 7.65. The van der Waals surface area contributed by atoms with Crippen molar-refractivity contribution in [3.05, 3.63) is 52.9 Å². The SMILES string of the molecule is COc1ccc(Cn2nnc(C(=O)NC(C)(C)c3noc(C)n3)c2C)cc1. The molecule has 0 unspecified atom stereocenters. The highest BCUT2D eigenvalue weighted by molar-refractivity contribution is 5.93. The Morgan fingerprint density at radius 1 is 1.26 bits per heavy atom. The monoisotopic (exact) mass is 370 g/mol. The Bertz CT molecular complexity index is 942. The van der Waals surface area contributed by atoms with Crippen LogP contribution in [0.4, 0.5) is 0 Å². The fourth-order valence-electron chi connectivity index (χ4n) is 2.58. The summed E-state index contributed by atoms with van der Waals surface area (Å²) in [6.07, 6.45) is 0. The molecule has 0 aliphatic heterocycles. The Kier molecular flexibility index (Phi) is 4.93. The van der Waals surface area contributed by atoms with Crippen molar-refractivity contribution in [2.45, 2.75) is 39.8 Å². The largest absolute Gasteiger partial charge is 0.497 e. The molecule has 1 N–H and O–H groups in total. The predicted molar refractivity (Wildman–Crippen MR) is 96.4 cm³/mol. The molecule has 9 heteroatoms. The number of carbonyl (C=O) groups excluding carboxylic acids is 1. The number of benzene rings is 1. The van der Waals surface area contributed by atoms with Crippen LogP contribution in [0.5, 0.6) is 5.75 Å². The zero-order valence-corrected chi connectivity index (χ0v) is 16.0. The number of hydrogen-bond donors (Lipinski definition) is 1. The van der Waals surface area contributed by atoms with Gasteiger partial charge in [0, 0.05) is 6.92 Å². The topological polar surface area (TPSA) is 108 Å². The summed E-state index contributed by atoms with van der Waals surface area (Å²) >= 11 is 0. The molecule has 0 saturated carbocycles. The minimum atomic E-state index is -0.805. The van der Waals surface area contributed by atoms with Crippen LogP contribution in [0.3, 0.4) is 0 Å². The maximum Gasteiger partial charge on any atom is 0.274 e. The van der Waals surface area contributed by atoms with Gasteiger partial charge in [-0.3, -0.25) is 4.79 Å². The molecule has 142 valence electrons. The van der Waals surface area contributed by atoms with Crippen LogP contribution in [-0.4, -0.2) is 38.2 Å². The van der Waals surface area contributed by atoms with Crippen LogP contribution in [0.15, 0.2) is 28.8 Å². The van der Waals surface area contributed by atoms with E-state index in [0.29, 0.717) is 24.0 Å². The summed E-state index contributed by atoms with van der Waals surface area (Å²) in [5, 5.41) is 14.9. The van der Waals surface area contributed by atoms with Gasteiger partial charge in [-0.25, -0.2) is 4.68 Å². The zero-order chi connectivity index (χ0) is 19.6. The molecule has 0 fully saturated rings. The van der Waals surface area contributed by atoms with E-state index >= 15 is 0 Å². The molecule has 0 radical (unpaired) electrons. The van der Waals surface area contributed by atoms with Gasteiger partial charge in [-0.1, -0.05) is 22.5 Å². The summed E-state index contributed by atoms with van der Waals surface area (Å²) < 4.78 is 11.8. The molecule has 2 heterocycles. The van der Waals surface area contributed by atoms with Gasteiger partial charge in [0.1, 0.15) is 5.75 Å². The molecule has 0 spiro atoms. The Morgan fingerprint density at radius 3 is 2.56 bits per heavy atom. The zero-order valence-electron chi connectivity index (χ0n) is 16.0. The fraction of sp³-hybridized carbons (Fsp3) is 0.389. The van der Waals surface area contributed by atoms with E-state index < -0.39 is 5.54 Å². The second kappa shape index (κ2) is 7.18. The third kappa shape index (κ3) is 3.97. The van der Waals surface area contributed by atoms with Gasteiger partial charge in [-0.05, 0) is 38.5 Å². The van der Waals surface area contributed by atoms with E-state index in [4.69, 9.17) is 9.26 Å². The van der Waals surface area contributed by atoms with E-state index in [1.54, 1.807) is 32.6 Å². The number of nitrogens with zero attached hydrogens (tertiary/aromatic N) is 5. The van der Waals surface area contributed by atoms with Crippen molar-refractivity contribution in [2.24, 2.45) is 0 Å². The molecule has 3 rings (SSSR count). The molecule has 0 atom stereocenters. The van der Waals surface area contributed by atoms with Crippen molar-refractivity contribution in [1.82, 2.24) is 30.5 Å². The van der Waals surface area contributed by atoms with E-state index in [0.717, 1.165) is 11.3 Å². The lowest BCUT2D eigenvalue weighted by Gasteiger charge is -2.21. The number of hydrogen-bond acceptors (Lipinski definition) is 7. The second-order valence-corrected chi connectivity index (χ2v) is 6.75. The standard InChI is InChI=1S/C18H22N6O3/c1-11-15(16(25)20-18(3,4)17-19-12(2)27-22-17)21-23-24(11)10-13-6-8-14(26-5)9-7-13/h6-9H,10H2,1-5H3,(H,20,25). The lowest BCUT2D eigenvalue weighted by molar-refractivity contribution is 0.0901. The van der Waals surface area contributed by atoms with Crippen molar-refractivity contribution in [1.29, 1.82) is 0 Å². The van der Waals surface area contributed by atoms with Gasteiger partial charge in [0.25, 0.3) is 5.91 Å². The summed E-state index contributed by atoms with van der Waals surface area (Å²) in [6.45, 7) is 7.61. The quantitative estimate of drug-likeness (QED) is 0.707. The highest BCUT2D eigenvalue weighted by Crippen LogP contribution is 2.18. The molecule has 0 aliphatic carbocycles. The number of ether oxygens (including phenoxy) is 1. The average molecular weight is 370 g/mol. The first-order valence-corrected chi connectivity index (χ1v) is 8.46. The van der Waals surface area contributed by atoms with Crippen LogP contribution in [0, 0.1) is 13.8 Å². The highest BCUT2D eigenvalue weighted by Gasteiger charge is 2.30. The van der Waals surface area contributed by atoms with Gasteiger partial charge in [-0.2, -0.15) is 4.98 Å². The number of carbonyl (C=O) groups is 1. The molecule has 2 aromatic heterocycles. The Hall–Kier alpha value is -3.23. The van der Waals surface area contributed by atoms with Gasteiger partial charge < -0.3 is 14.6 Å². The molecule has 3 aromatic rings. The first-order chi connectivity index (χ1) is 12.8. The molecule has 0 saturated heterocycles. The first-order valence-electron chi connectivity index (χ1n) is 8.46. The Morgan fingerprint density at radius 2 is 1.96 bits per heavy atom. The molecule has 27 heavy (non-hydrogen) atoms. The first kappa shape index (κ1) is 18.6. The molecule has 1 amide bonds. The van der Waals surface area contributed by atoms with Gasteiger partial charge in [0.2, 0.25) is 5.89 Å². The third-order valence-corrected chi connectivity index (χ3v) is 4.20. The van der Waals surface area contributed by atoms with Crippen LogP contribution in [0.1, 0.15) is 47.3 Å². The number of nitrogens with one attached hydrogen (secondary N) is 1. The number of methoxy groups -OCH3 is 1. The Labute approximate surface area is 156 Å². The highest BCUT2D eigenvalue weighted by atomic mass is 16.5. The summed E-state index contributed by atoms with van der Waals surface area (Å²) in [4.78, 5) is 16.9. The summed E-state index contributed by atoms with van der Waals surface area (Å²) in [5.41, 5.74) is 1.15. The van der Waals surface area contributed by atoms with Gasteiger partial charge in [-0.15, -0.1) is 5.10 Å². The lowest BCUT2D eigenvalue weighted by atomic mass is 10.0. The van der Waals surface area contributed by atoms with Crippen LogP contribution in [0.25, 0.3) is 0 Å². The van der Waals surface area contributed by atoms with E-state index in [9.17, 15) is 4.79 Å². The van der Waals surface area contributed by atoms with Gasteiger partial charge >= 0.3 is 0 Å². The number of aromatic nitrogens is 5. The fourth-order valence-corrected chi connectivity index (χ4v) is 2.58. The maximum atomic E-state index is 12.7. The maximum absolute atomic E-state index is 12.7. The molecule has 0 aliphatic rings. The van der Waals surface area contributed by atoms with Crippen molar-refractivity contribution in [3.8, 4) is 5.75 Å². The van der Waals surface area contributed by atoms with Crippen LogP contribution in [0.2, 0.25) is 0 Å². The molecule has 9 nitrogen and oxygen atoms in total. The van der Waals surface area contributed by atoms with E-state index in [2.05, 4.69) is 25.8 Å². The van der Waals surface area contributed by atoms with Crippen molar-refractivity contribution >= 4 is 5.91 Å². The van der Waals surface area contributed by atoms with Crippen molar-refractivity contribution in [2.75, 3.05) is 7.11 Å². The van der Waals surface area contributed by atoms with E-state index in [1.807, 2.05) is 31.2 Å². The summed E-state index contributed by atoms with van der Waals surface area (Å²) in [5.74, 6) is 1.28. The second-order valence-electron chi connectivity index (χ2n) is 6.75. The van der Waals surface area contributed by atoms with Crippen LogP contribution in [-0.2, 0) is 12.1 Å². The normalized spacial score (nSPS) is 11.4. The van der Waals surface area contributed by atoms with E-state index in [1.165, 1.54) is 0 Å². The predicted octanol–water partition coefficient (Wildman–Crippen LogP) is 2.00. The minimum Gasteiger partial charge on any atom is -0.497 e. The smallest absolute Gasteiger partial charge is 0.274 e. The molecular weight excluding hydrogens is 348 g/mol. The van der Waals surface area contributed by atoms with Gasteiger partial charge in [0.15, 0.2) is 11.5 Å². The Balaban J connectivity index is 1.74. The average Bonchev–Trinajstić information content (AvgIpc) is 3.22. The number of aryl methyl sites for hydroxylation is 1. The van der Waals surface area contributed by atoms with Crippen molar-refractivity contribution < 1.29 is 14.1 Å². The van der Waals surface area contributed by atoms with Gasteiger partial charge in [0.05, 0.1) is 24.9 Å². The number of rotatable bonds is 6. The van der Waals surface area contributed by atoms with Crippen molar-refractivity contribution in [3.63, 3.8) is 0 Å². The molecule has 1 aromatic carbocycles. The summed E-state index contributed by atoms with van der Waals surface area (Å²) in [7, 11) is 1.62. The molecule has 0 bridgehead atoms. The minimum absolute atomic E-state index is 0.261. The van der Waals surface area contributed by atoms with Crippen LogP contribution < -0.4 is 10.1 Å². The lowest BCUT2D eigenvalue weighted by Crippen LogP contribution is -2.42. The molecular formula is C18H22N6O3.